The van der Waals surface area contributed by atoms with Gasteiger partial charge >= 0.3 is 0 Å². The van der Waals surface area contributed by atoms with Crippen LogP contribution in [0.25, 0.3) is 0 Å². The topological polar surface area (TPSA) is 87.0 Å². The summed E-state index contributed by atoms with van der Waals surface area (Å²) in [6.07, 6.45) is 3.81. The molecule has 2 heterocycles. The molecular weight excluding hydrogens is 509 g/mol. The van der Waals surface area contributed by atoms with Gasteiger partial charge in [-0.15, -0.1) is 24.0 Å². The van der Waals surface area contributed by atoms with Gasteiger partial charge in [-0.25, -0.2) is 0 Å². The molecule has 0 spiro atoms. The first-order chi connectivity index (χ1) is 14.4. The summed E-state index contributed by atoms with van der Waals surface area (Å²) in [6, 6.07) is 7.84. The lowest BCUT2D eigenvalue weighted by Gasteiger charge is -2.34. The molecule has 1 aromatic carbocycles. The molecule has 0 bridgehead atoms. The quantitative estimate of drug-likeness (QED) is 0.329. The molecule has 31 heavy (non-hydrogen) atoms. The van der Waals surface area contributed by atoms with E-state index in [0.29, 0.717) is 26.2 Å². The molecule has 2 aromatic rings. The Morgan fingerprint density at radius 2 is 2.19 bits per heavy atom. The summed E-state index contributed by atoms with van der Waals surface area (Å²) in [7, 11) is 7.43. The van der Waals surface area contributed by atoms with Crippen LogP contribution in [0, 0.1) is 0 Å². The van der Waals surface area contributed by atoms with Crippen LogP contribution in [-0.2, 0) is 23.1 Å². The number of aliphatic imine (C=N–C) groups is 1. The third-order valence-electron chi connectivity index (χ3n) is 4.80. The molecule has 3 rings (SSSR count). The number of hydrogen-bond donors (Lipinski definition) is 2. The predicted octanol–water partition coefficient (Wildman–Crippen LogP) is 1.69. The van der Waals surface area contributed by atoms with Crippen molar-refractivity contribution >= 4 is 41.5 Å². The number of hydrogen-bond acceptors (Lipinski definition) is 5. The van der Waals surface area contributed by atoms with Crippen LogP contribution in [-0.4, -0.2) is 78.8 Å². The molecular formula is C21H32IN7O2. The van der Waals surface area contributed by atoms with Crippen LogP contribution in [0.15, 0.2) is 41.7 Å². The van der Waals surface area contributed by atoms with Crippen LogP contribution in [0.3, 0.4) is 0 Å². The smallest absolute Gasteiger partial charge is 0.238 e. The first-order valence-electron chi connectivity index (χ1n) is 10.0. The maximum absolute atomic E-state index is 12.0. The van der Waals surface area contributed by atoms with Gasteiger partial charge in [0.25, 0.3) is 0 Å². The standard InChI is InChI=1S/C21H31N7O2.HI/c1-22-21(28-8-9-30-19(14-28)17-12-24-27(4)13-17)23-11-16-6-5-7-18(10-16)25-20(29)15-26(2)3;/h5-7,10,12-13,19H,8-9,11,14-15H2,1-4H3,(H,22,23)(H,25,29);1H. The summed E-state index contributed by atoms with van der Waals surface area (Å²) in [5.74, 6) is 0.796. The van der Waals surface area contributed by atoms with Crippen molar-refractivity contribution in [2.45, 2.75) is 12.6 Å². The van der Waals surface area contributed by atoms with Gasteiger partial charge in [-0.2, -0.15) is 5.10 Å². The third-order valence-corrected chi connectivity index (χ3v) is 4.80. The molecule has 170 valence electrons. The number of guanidine groups is 1. The van der Waals surface area contributed by atoms with Crippen molar-refractivity contribution in [2.24, 2.45) is 12.0 Å². The molecule has 1 saturated heterocycles. The highest BCUT2D eigenvalue weighted by Gasteiger charge is 2.25. The Kier molecular flexibility index (Phi) is 9.72. The van der Waals surface area contributed by atoms with Crippen molar-refractivity contribution in [3.05, 3.63) is 47.8 Å². The van der Waals surface area contributed by atoms with Crippen LogP contribution in [0.4, 0.5) is 5.69 Å². The minimum atomic E-state index is -0.0318. The second-order valence-electron chi connectivity index (χ2n) is 7.64. The third kappa shape index (κ3) is 7.47. The molecule has 1 fully saturated rings. The number of nitrogens with zero attached hydrogens (tertiary/aromatic N) is 5. The molecule has 1 amide bonds. The van der Waals surface area contributed by atoms with Crippen molar-refractivity contribution in [2.75, 3.05) is 52.7 Å². The molecule has 1 aliphatic rings. The van der Waals surface area contributed by atoms with Crippen molar-refractivity contribution in [3.8, 4) is 0 Å². The van der Waals surface area contributed by atoms with E-state index >= 15 is 0 Å². The number of carbonyl (C=O) groups excluding carboxylic acids is 1. The molecule has 1 unspecified atom stereocenters. The minimum Gasteiger partial charge on any atom is -0.370 e. The van der Waals surface area contributed by atoms with Crippen LogP contribution in [0.2, 0.25) is 0 Å². The van der Waals surface area contributed by atoms with Gasteiger partial charge in [-0.1, -0.05) is 12.1 Å². The summed E-state index contributed by atoms with van der Waals surface area (Å²) >= 11 is 0. The Labute approximate surface area is 200 Å². The molecule has 0 radical (unpaired) electrons. The van der Waals surface area contributed by atoms with E-state index in [0.717, 1.165) is 29.3 Å². The van der Waals surface area contributed by atoms with Crippen molar-refractivity contribution in [1.82, 2.24) is 24.9 Å². The molecule has 1 atom stereocenters. The Morgan fingerprint density at radius 3 is 2.87 bits per heavy atom. The summed E-state index contributed by atoms with van der Waals surface area (Å²) in [5.41, 5.74) is 2.92. The zero-order valence-corrected chi connectivity index (χ0v) is 20.9. The van der Waals surface area contributed by atoms with Crippen LogP contribution < -0.4 is 10.6 Å². The zero-order valence-electron chi connectivity index (χ0n) is 18.5. The highest BCUT2D eigenvalue weighted by molar-refractivity contribution is 14.0. The van der Waals surface area contributed by atoms with Crippen LogP contribution >= 0.6 is 24.0 Å². The summed E-state index contributed by atoms with van der Waals surface area (Å²) in [5, 5.41) is 10.6. The first-order valence-corrected chi connectivity index (χ1v) is 10.0. The first kappa shape index (κ1) is 25.1. The highest BCUT2D eigenvalue weighted by atomic mass is 127. The number of aryl methyl sites for hydroxylation is 1. The van der Waals surface area contributed by atoms with Gasteiger partial charge in [0, 0.05) is 44.6 Å². The van der Waals surface area contributed by atoms with E-state index in [1.165, 1.54) is 0 Å². The van der Waals surface area contributed by atoms with E-state index in [9.17, 15) is 4.79 Å². The number of rotatable bonds is 6. The molecule has 2 N–H and O–H groups in total. The average Bonchev–Trinajstić information content (AvgIpc) is 3.15. The lowest BCUT2D eigenvalue weighted by atomic mass is 10.1. The molecule has 0 aliphatic carbocycles. The molecule has 10 heteroatoms. The zero-order chi connectivity index (χ0) is 21.5. The molecule has 9 nitrogen and oxygen atoms in total. The van der Waals surface area contributed by atoms with Crippen LogP contribution in [0.1, 0.15) is 17.2 Å². The van der Waals surface area contributed by atoms with E-state index in [1.54, 1.807) is 11.7 Å². The normalized spacial score (nSPS) is 16.7. The van der Waals surface area contributed by atoms with Gasteiger partial charge < -0.3 is 25.2 Å². The summed E-state index contributed by atoms with van der Waals surface area (Å²) < 4.78 is 7.71. The van der Waals surface area contributed by atoms with E-state index < -0.39 is 0 Å². The molecule has 1 aliphatic heterocycles. The number of carbonyl (C=O) groups is 1. The number of aromatic nitrogens is 2. The van der Waals surface area contributed by atoms with E-state index in [1.807, 2.05) is 62.7 Å². The maximum atomic E-state index is 12.0. The van der Waals surface area contributed by atoms with Crippen molar-refractivity contribution in [1.29, 1.82) is 0 Å². The van der Waals surface area contributed by atoms with Gasteiger partial charge in [0.2, 0.25) is 5.91 Å². The number of likely N-dealkylation sites (N-methyl/N-ethyl adjacent to an activating group) is 1. The number of morpholine rings is 1. The van der Waals surface area contributed by atoms with Gasteiger partial charge in [-0.05, 0) is 31.8 Å². The largest absolute Gasteiger partial charge is 0.370 e. The second kappa shape index (κ2) is 12.0. The predicted molar refractivity (Wildman–Crippen MR) is 133 cm³/mol. The van der Waals surface area contributed by atoms with Crippen molar-refractivity contribution in [3.63, 3.8) is 0 Å². The molecule has 1 aromatic heterocycles. The fraction of sp³-hybridized carbons (Fsp3) is 0.476. The van der Waals surface area contributed by atoms with E-state index in [-0.39, 0.29) is 36.0 Å². The number of ether oxygens (including phenoxy) is 1. The van der Waals surface area contributed by atoms with Crippen LogP contribution in [0.5, 0.6) is 0 Å². The Bertz CT molecular complexity index is 884. The SMILES string of the molecule is CN=C(NCc1cccc(NC(=O)CN(C)C)c1)N1CCOC(c2cnn(C)c2)C1.I. The van der Waals surface area contributed by atoms with E-state index in [2.05, 4.69) is 25.6 Å². The number of nitrogens with one attached hydrogen (secondary N) is 2. The summed E-state index contributed by atoms with van der Waals surface area (Å²) in [6.45, 7) is 3.08. The monoisotopic (exact) mass is 541 g/mol. The number of halogens is 1. The number of anilines is 1. The van der Waals surface area contributed by atoms with Gasteiger partial charge in [0.1, 0.15) is 6.10 Å². The van der Waals surface area contributed by atoms with Gasteiger partial charge in [-0.3, -0.25) is 14.5 Å². The fourth-order valence-electron chi connectivity index (χ4n) is 3.41. The highest BCUT2D eigenvalue weighted by Crippen LogP contribution is 2.21. The van der Waals surface area contributed by atoms with Crippen molar-refractivity contribution < 1.29 is 9.53 Å². The lowest BCUT2D eigenvalue weighted by Crippen LogP contribution is -2.47. The second-order valence-corrected chi connectivity index (χ2v) is 7.64. The molecule has 0 saturated carbocycles. The Balaban J connectivity index is 0.00000341. The number of amides is 1. The minimum absolute atomic E-state index is 0. The Hall–Kier alpha value is -2.18. The van der Waals surface area contributed by atoms with Gasteiger partial charge in [0.05, 0.1) is 25.9 Å². The lowest BCUT2D eigenvalue weighted by molar-refractivity contribution is -0.116. The van der Waals surface area contributed by atoms with E-state index in [4.69, 9.17) is 4.74 Å². The maximum Gasteiger partial charge on any atom is 0.238 e. The average molecular weight is 541 g/mol. The fourth-order valence-corrected chi connectivity index (χ4v) is 3.41. The summed E-state index contributed by atoms with van der Waals surface area (Å²) in [4.78, 5) is 20.5. The Morgan fingerprint density at radius 1 is 1.39 bits per heavy atom. The number of benzene rings is 1. The van der Waals surface area contributed by atoms with Gasteiger partial charge in [0.15, 0.2) is 5.96 Å².